The van der Waals surface area contributed by atoms with Crippen LogP contribution in [0.3, 0.4) is 0 Å². The molecule has 1 amide bonds. The molecule has 1 aromatic rings. The summed E-state index contributed by atoms with van der Waals surface area (Å²) in [5.41, 5.74) is 1.05. The summed E-state index contributed by atoms with van der Waals surface area (Å²) < 4.78 is 23.5. The van der Waals surface area contributed by atoms with Gasteiger partial charge < -0.3 is 5.32 Å². The normalized spacial score (nSPS) is 11.7. The van der Waals surface area contributed by atoms with Crippen LogP contribution in [-0.4, -0.2) is 45.0 Å². The molecule has 1 rings (SSSR count). The number of amides is 1. The molecule has 0 atom stereocenters. The summed E-state index contributed by atoms with van der Waals surface area (Å²) in [6.45, 7) is 2.15. The second kappa shape index (κ2) is 6.76. The Morgan fingerprint density at radius 2 is 1.80 bits per heavy atom. The summed E-state index contributed by atoms with van der Waals surface area (Å²) >= 11 is 11.9. The monoisotopic (exact) mass is 338 g/mol. The van der Waals surface area contributed by atoms with E-state index in [0.717, 1.165) is 10.6 Å². The summed E-state index contributed by atoms with van der Waals surface area (Å²) in [5.74, 6) is -0.351. The SMILES string of the molecule is Cc1c(Cl)cc(C(=O)NCCN(C)S(C)(=O)=O)cc1Cl. The molecule has 0 aliphatic heterocycles. The molecule has 112 valence electrons. The van der Waals surface area contributed by atoms with Crippen LogP contribution >= 0.6 is 23.2 Å². The van der Waals surface area contributed by atoms with Crippen LogP contribution in [0.15, 0.2) is 12.1 Å². The average molecular weight is 339 g/mol. The van der Waals surface area contributed by atoms with Gasteiger partial charge in [-0.15, -0.1) is 0 Å². The van der Waals surface area contributed by atoms with Crippen molar-refractivity contribution in [1.29, 1.82) is 0 Å². The molecule has 20 heavy (non-hydrogen) atoms. The Hall–Kier alpha value is -0.820. The van der Waals surface area contributed by atoms with Gasteiger partial charge in [-0.05, 0) is 24.6 Å². The summed E-state index contributed by atoms with van der Waals surface area (Å²) in [7, 11) is -1.80. The Morgan fingerprint density at radius 1 is 1.30 bits per heavy atom. The van der Waals surface area contributed by atoms with Crippen LogP contribution in [0.5, 0.6) is 0 Å². The van der Waals surface area contributed by atoms with E-state index in [2.05, 4.69) is 5.32 Å². The molecule has 5 nitrogen and oxygen atoms in total. The highest BCUT2D eigenvalue weighted by Gasteiger charge is 2.13. The van der Waals surface area contributed by atoms with Crippen LogP contribution in [0.2, 0.25) is 10.0 Å². The Kier molecular flexibility index (Phi) is 5.82. The lowest BCUT2D eigenvalue weighted by Gasteiger charge is -2.14. The van der Waals surface area contributed by atoms with Crippen molar-refractivity contribution in [3.05, 3.63) is 33.3 Å². The van der Waals surface area contributed by atoms with E-state index < -0.39 is 10.0 Å². The number of rotatable bonds is 5. The minimum atomic E-state index is -3.24. The van der Waals surface area contributed by atoms with E-state index in [0.29, 0.717) is 21.2 Å². The maximum atomic E-state index is 11.9. The Bertz CT molecular complexity index is 594. The van der Waals surface area contributed by atoms with Gasteiger partial charge in [-0.25, -0.2) is 12.7 Å². The first-order valence-corrected chi connectivity index (χ1v) is 8.38. The predicted octanol–water partition coefficient (Wildman–Crippen LogP) is 1.92. The fraction of sp³-hybridized carbons (Fsp3) is 0.417. The Balaban J connectivity index is 2.65. The van der Waals surface area contributed by atoms with Gasteiger partial charge in [0.05, 0.1) is 6.26 Å². The summed E-state index contributed by atoms with van der Waals surface area (Å²) in [5, 5.41) is 3.44. The van der Waals surface area contributed by atoms with Crippen LogP contribution < -0.4 is 5.32 Å². The first-order valence-electron chi connectivity index (χ1n) is 5.78. The van der Waals surface area contributed by atoms with Crippen molar-refractivity contribution in [3.63, 3.8) is 0 Å². The molecule has 1 N–H and O–H groups in total. The van der Waals surface area contributed by atoms with Gasteiger partial charge in [-0.2, -0.15) is 0 Å². The van der Waals surface area contributed by atoms with Crippen molar-refractivity contribution < 1.29 is 13.2 Å². The number of nitrogens with one attached hydrogen (secondary N) is 1. The lowest BCUT2D eigenvalue weighted by atomic mass is 10.1. The Labute approximate surface area is 128 Å². The largest absolute Gasteiger partial charge is 0.351 e. The molecular formula is C12H16Cl2N2O3S. The van der Waals surface area contributed by atoms with Crippen molar-refractivity contribution in [2.75, 3.05) is 26.4 Å². The zero-order valence-electron chi connectivity index (χ0n) is 11.4. The second-order valence-corrected chi connectivity index (χ2v) is 7.31. The minimum absolute atomic E-state index is 0.192. The highest BCUT2D eigenvalue weighted by Crippen LogP contribution is 2.25. The lowest BCUT2D eigenvalue weighted by molar-refractivity contribution is 0.0952. The third-order valence-corrected chi connectivity index (χ3v) is 4.92. The zero-order valence-corrected chi connectivity index (χ0v) is 13.7. The molecule has 0 heterocycles. The highest BCUT2D eigenvalue weighted by molar-refractivity contribution is 7.88. The van der Waals surface area contributed by atoms with Crippen molar-refractivity contribution in [2.24, 2.45) is 0 Å². The standard InChI is InChI=1S/C12H16Cl2N2O3S/c1-8-10(13)6-9(7-11(8)14)12(17)15-4-5-16(2)20(3,18)19/h6-7H,4-5H2,1-3H3,(H,15,17). The summed E-state index contributed by atoms with van der Waals surface area (Å²) in [4.78, 5) is 11.9. The van der Waals surface area contributed by atoms with E-state index in [-0.39, 0.29) is 19.0 Å². The number of sulfonamides is 1. The summed E-state index contributed by atoms with van der Waals surface area (Å²) in [6, 6.07) is 3.05. The second-order valence-electron chi connectivity index (χ2n) is 4.41. The fourth-order valence-electron chi connectivity index (χ4n) is 1.37. The number of carbonyl (C=O) groups is 1. The maximum Gasteiger partial charge on any atom is 0.251 e. The van der Waals surface area contributed by atoms with Crippen LogP contribution in [0.1, 0.15) is 15.9 Å². The number of likely N-dealkylation sites (N-methyl/N-ethyl adjacent to an activating group) is 1. The van der Waals surface area contributed by atoms with E-state index in [1.165, 1.54) is 19.2 Å². The van der Waals surface area contributed by atoms with Crippen molar-refractivity contribution in [3.8, 4) is 0 Å². The molecule has 0 aliphatic rings. The first-order chi connectivity index (χ1) is 9.12. The van der Waals surface area contributed by atoms with Gasteiger partial charge in [-0.1, -0.05) is 23.2 Å². The third-order valence-electron chi connectivity index (χ3n) is 2.82. The number of carbonyl (C=O) groups excluding carboxylic acids is 1. The molecule has 8 heteroatoms. The maximum absolute atomic E-state index is 11.9. The van der Waals surface area contributed by atoms with Crippen LogP contribution in [-0.2, 0) is 10.0 Å². The number of hydrogen-bond donors (Lipinski definition) is 1. The molecule has 0 radical (unpaired) electrons. The van der Waals surface area contributed by atoms with E-state index in [9.17, 15) is 13.2 Å². The number of benzene rings is 1. The fourth-order valence-corrected chi connectivity index (χ4v) is 2.28. The minimum Gasteiger partial charge on any atom is -0.351 e. The topological polar surface area (TPSA) is 66.5 Å². The van der Waals surface area contributed by atoms with Crippen LogP contribution in [0.25, 0.3) is 0 Å². The molecule has 0 bridgehead atoms. The van der Waals surface area contributed by atoms with Crippen molar-refractivity contribution >= 4 is 39.1 Å². The van der Waals surface area contributed by atoms with Gasteiger partial charge in [0, 0.05) is 35.7 Å². The molecule has 0 unspecified atom stereocenters. The molecule has 0 saturated carbocycles. The van der Waals surface area contributed by atoms with Gasteiger partial charge in [0.25, 0.3) is 5.91 Å². The first kappa shape index (κ1) is 17.2. The summed E-state index contributed by atoms with van der Waals surface area (Å²) in [6.07, 6.45) is 1.11. The molecule has 0 fully saturated rings. The number of hydrogen-bond acceptors (Lipinski definition) is 3. The molecule has 1 aromatic carbocycles. The van der Waals surface area contributed by atoms with Gasteiger partial charge >= 0.3 is 0 Å². The van der Waals surface area contributed by atoms with E-state index in [1.54, 1.807) is 6.92 Å². The van der Waals surface area contributed by atoms with Gasteiger partial charge in [0.15, 0.2) is 0 Å². The molecule has 0 saturated heterocycles. The number of nitrogens with zero attached hydrogens (tertiary/aromatic N) is 1. The van der Waals surface area contributed by atoms with Crippen LogP contribution in [0.4, 0.5) is 0 Å². The lowest BCUT2D eigenvalue weighted by Crippen LogP contribution is -2.35. The average Bonchev–Trinajstić information content (AvgIpc) is 2.33. The molecule has 0 aromatic heterocycles. The highest BCUT2D eigenvalue weighted by atomic mass is 35.5. The van der Waals surface area contributed by atoms with Gasteiger partial charge in [0.1, 0.15) is 0 Å². The van der Waals surface area contributed by atoms with Gasteiger partial charge in [-0.3, -0.25) is 4.79 Å². The van der Waals surface area contributed by atoms with E-state index >= 15 is 0 Å². The van der Waals surface area contributed by atoms with Gasteiger partial charge in [0.2, 0.25) is 10.0 Å². The predicted molar refractivity (Wildman–Crippen MR) is 81.0 cm³/mol. The van der Waals surface area contributed by atoms with Crippen molar-refractivity contribution in [1.82, 2.24) is 9.62 Å². The number of halogens is 2. The smallest absolute Gasteiger partial charge is 0.251 e. The molecular weight excluding hydrogens is 323 g/mol. The molecule has 0 spiro atoms. The van der Waals surface area contributed by atoms with E-state index in [1.807, 2.05) is 0 Å². The quantitative estimate of drug-likeness (QED) is 0.891. The molecule has 0 aliphatic carbocycles. The van der Waals surface area contributed by atoms with E-state index in [4.69, 9.17) is 23.2 Å². The van der Waals surface area contributed by atoms with Crippen LogP contribution in [0, 0.1) is 6.92 Å². The Morgan fingerprint density at radius 3 is 2.25 bits per heavy atom. The third kappa shape index (κ3) is 4.63. The zero-order chi connectivity index (χ0) is 15.5. The van der Waals surface area contributed by atoms with Crippen molar-refractivity contribution in [2.45, 2.75) is 6.92 Å².